The largest absolute Gasteiger partial charge is 0.505 e. The number of aliphatic hydroxyl groups excluding tert-OH is 1. The number of thioether (sulfide) groups is 1. The first-order chi connectivity index (χ1) is 20.6. The van der Waals surface area contributed by atoms with Crippen LogP contribution in [0.4, 0.5) is 10.8 Å². The Hall–Kier alpha value is -4.59. The Kier molecular flexibility index (Phi) is 7.46. The summed E-state index contributed by atoms with van der Waals surface area (Å²) in [6.07, 6.45) is 1.78. The van der Waals surface area contributed by atoms with Gasteiger partial charge in [-0.25, -0.2) is 4.98 Å². The van der Waals surface area contributed by atoms with Crippen molar-refractivity contribution in [1.82, 2.24) is 19.6 Å². The Bertz CT molecular complexity index is 1970. The van der Waals surface area contributed by atoms with Gasteiger partial charge in [0, 0.05) is 29.1 Å². The fourth-order valence-corrected chi connectivity index (χ4v) is 6.86. The number of hydrogen-bond acceptors (Lipinski definition) is 10. The number of Topliss-reactive ketones (excluding diaryl/α,β-unsaturated/α-hetero) is 1. The third-order valence-electron chi connectivity index (χ3n) is 7.03. The van der Waals surface area contributed by atoms with Gasteiger partial charge in [-0.15, -0.1) is 10.2 Å². The molecule has 11 nitrogen and oxygen atoms in total. The topological polar surface area (TPSA) is 144 Å². The number of imidazole rings is 1. The van der Waals surface area contributed by atoms with Crippen molar-refractivity contribution in [3.8, 4) is 0 Å². The number of pyridine rings is 1. The molecule has 4 heterocycles. The van der Waals surface area contributed by atoms with E-state index in [0.29, 0.717) is 26.5 Å². The number of carbonyl (C=O) groups excluding carboxylic acids is 2. The van der Waals surface area contributed by atoms with E-state index in [1.807, 2.05) is 31.2 Å². The number of nitro benzene ring substituents is 1. The molecular weight excluding hydrogens is 612 g/mol. The van der Waals surface area contributed by atoms with Gasteiger partial charge < -0.3 is 9.51 Å². The average molecular weight is 633 g/mol. The molecule has 1 aliphatic heterocycles. The van der Waals surface area contributed by atoms with E-state index in [1.54, 1.807) is 35.7 Å². The molecule has 1 atom stereocenters. The van der Waals surface area contributed by atoms with Crippen molar-refractivity contribution in [2.45, 2.75) is 30.0 Å². The SMILES string of the molecule is Cc1cccn2c(C)c(C(O)=C3C(=O)C(=O)N(c4nnc(SCc5ccc(Cl)cc5)s4)C3c3cccc([N+](=O)[O-])c3)nc12. The van der Waals surface area contributed by atoms with Crippen LogP contribution in [0, 0.1) is 24.0 Å². The number of benzene rings is 2. The van der Waals surface area contributed by atoms with E-state index in [9.17, 15) is 24.8 Å². The first kappa shape index (κ1) is 28.5. The molecule has 5 aromatic rings. The first-order valence-corrected chi connectivity index (χ1v) is 15.0. The zero-order chi connectivity index (χ0) is 30.4. The van der Waals surface area contributed by atoms with E-state index in [0.717, 1.165) is 27.4 Å². The molecule has 1 saturated heterocycles. The Morgan fingerprint density at radius 2 is 1.88 bits per heavy atom. The predicted molar refractivity (Wildman–Crippen MR) is 163 cm³/mol. The van der Waals surface area contributed by atoms with Gasteiger partial charge in [0.15, 0.2) is 10.1 Å². The van der Waals surface area contributed by atoms with Gasteiger partial charge in [-0.3, -0.25) is 24.6 Å². The highest BCUT2D eigenvalue weighted by molar-refractivity contribution is 8.00. The van der Waals surface area contributed by atoms with Crippen LogP contribution < -0.4 is 4.90 Å². The van der Waals surface area contributed by atoms with Crippen LogP contribution in [-0.2, 0) is 15.3 Å². The van der Waals surface area contributed by atoms with Crippen molar-refractivity contribution in [1.29, 1.82) is 0 Å². The Morgan fingerprint density at radius 1 is 1.12 bits per heavy atom. The maximum Gasteiger partial charge on any atom is 0.301 e. The molecule has 1 fully saturated rings. The van der Waals surface area contributed by atoms with Crippen LogP contribution in [0.2, 0.25) is 5.02 Å². The molecule has 216 valence electrons. The minimum absolute atomic E-state index is 0.110. The van der Waals surface area contributed by atoms with E-state index in [1.165, 1.54) is 30.0 Å². The number of fused-ring (bicyclic) bond motifs is 1. The third-order valence-corrected chi connectivity index (χ3v) is 9.41. The van der Waals surface area contributed by atoms with Gasteiger partial charge in [0.1, 0.15) is 11.3 Å². The standard InChI is InChI=1S/C29H21ClN6O5S2/c1-15-5-4-12-34-16(2)22(31-26(15)34)24(37)21-23(18-6-3-7-20(13-18)36(40)41)35(27(39)25(21)38)28-32-33-29(43-28)42-14-17-8-10-19(30)11-9-17/h3-13,23,37H,14H2,1-2H3. The molecule has 2 aromatic carbocycles. The molecule has 0 aliphatic carbocycles. The number of aryl methyl sites for hydroxylation is 2. The van der Waals surface area contributed by atoms with Gasteiger partial charge in [0.05, 0.1) is 22.2 Å². The predicted octanol–water partition coefficient (Wildman–Crippen LogP) is 6.28. The average Bonchev–Trinajstić information content (AvgIpc) is 3.68. The number of aromatic nitrogens is 4. The molecule has 1 N–H and O–H groups in total. The highest BCUT2D eigenvalue weighted by Gasteiger charge is 2.49. The van der Waals surface area contributed by atoms with Crippen LogP contribution in [0.15, 0.2) is 76.8 Å². The molecule has 3 aromatic heterocycles. The molecule has 14 heteroatoms. The van der Waals surface area contributed by atoms with Crippen molar-refractivity contribution in [3.63, 3.8) is 0 Å². The van der Waals surface area contributed by atoms with E-state index < -0.39 is 28.4 Å². The van der Waals surface area contributed by atoms with Crippen LogP contribution in [0.1, 0.15) is 34.1 Å². The van der Waals surface area contributed by atoms with Crippen molar-refractivity contribution in [3.05, 3.63) is 116 Å². The second-order valence-electron chi connectivity index (χ2n) is 9.72. The maximum absolute atomic E-state index is 13.6. The van der Waals surface area contributed by atoms with Gasteiger partial charge in [0.2, 0.25) is 5.13 Å². The summed E-state index contributed by atoms with van der Waals surface area (Å²) in [6, 6.07) is 15.4. The minimum atomic E-state index is -1.22. The van der Waals surface area contributed by atoms with Gasteiger partial charge in [-0.2, -0.15) is 0 Å². The normalized spacial score (nSPS) is 16.3. The number of hydrogen-bond donors (Lipinski definition) is 1. The molecule has 0 spiro atoms. The lowest BCUT2D eigenvalue weighted by Crippen LogP contribution is -2.29. The second-order valence-corrected chi connectivity index (χ2v) is 12.3. The summed E-state index contributed by atoms with van der Waals surface area (Å²) in [4.78, 5) is 44.0. The smallest absolute Gasteiger partial charge is 0.301 e. The lowest BCUT2D eigenvalue weighted by molar-refractivity contribution is -0.384. The second kappa shape index (κ2) is 11.2. The van der Waals surface area contributed by atoms with Crippen LogP contribution in [-0.4, -0.2) is 41.3 Å². The zero-order valence-electron chi connectivity index (χ0n) is 22.6. The number of nitro groups is 1. The highest BCUT2D eigenvalue weighted by Crippen LogP contribution is 2.45. The quantitative estimate of drug-likeness (QED) is 0.0417. The molecule has 43 heavy (non-hydrogen) atoms. The molecule has 0 saturated carbocycles. The Labute approximate surface area is 257 Å². The summed E-state index contributed by atoms with van der Waals surface area (Å²) in [5.41, 5.74) is 2.86. The van der Waals surface area contributed by atoms with Gasteiger partial charge >= 0.3 is 5.91 Å². The van der Waals surface area contributed by atoms with Gasteiger partial charge in [-0.1, -0.05) is 65.0 Å². The highest BCUT2D eigenvalue weighted by atomic mass is 35.5. The van der Waals surface area contributed by atoms with Crippen LogP contribution >= 0.6 is 34.7 Å². The zero-order valence-corrected chi connectivity index (χ0v) is 25.0. The van der Waals surface area contributed by atoms with Crippen LogP contribution in [0.25, 0.3) is 11.4 Å². The van der Waals surface area contributed by atoms with Crippen molar-refractivity contribution < 1.29 is 19.6 Å². The number of aliphatic hydroxyl groups is 1. The van der Waals surface area contributed by atoms with Gasteiger partial charge in [0.25, 0.3) is 11.5 Å². The third kappa shape index (κ3) is 5.15. The first-order valence-electron chi connectivity index (χ1n) is 12.8. The van der Waals surface area contributed by atoms with Crippen molar-refractivity contribution in [2.75, 3.05) is 4.90 Å². The van der Waals surface area contributed by atoms with E-state index in [4.69, 9.17) is 11.6 Å². The van der Waals surface area contributed by atoms with Crippen LogP contribution in [0.5, 0.6) is 0 Å². The number of ketones is 1. The number of nitrogens with zero attached hydrogens (tertiary/aromatic N) is 6. The summed E-state index contributed by atoms with van der Waals surface area (Å²) in [5.74, 6) is -1.83. The number of carbonyl (C=O) groups is 2. The summed E-state index contributed by atoms with van der Waals surface area (Å²) < 4.78 is 2.31. The molecule has 1 aliphatic rings. The molecular formula is C29H21ClN6O5S2. The summed E-state index contributed by atoms with van der Waals surface area (Å²) >= 11 is 8.46. The summed E-state index contributed by atoms with van der Waals surface area (Å²) in [7, 11) is 0. The number of non-ortho nitro benzene ring substituents is 1. The lowest BCUT2D eigenvalue weighted by atomic mass is 9.96. The maximum atomic E-state index is 13.6. The molecule has 0 radical (unpaired) electrons. The fraction of sp³-hybridized carbons (Fsp3) is 0.138. The van der Waals surface area contributed by atoms with Crippen molar-refractivity contribution >= 4 is 68.6 Å². The number of rotatable bonds is 7. The molecule has 1 unspecified atom stereocenters. The van der Waals surface area contributed by atoms with Crippen molar-refractivity contribution in [2.24, 2.45) is 0 Å². The number of halogens is 1. The molecule has 1 amide bonds. The molecule has 0 bridgehead atoms. The summed E-state index contributed by atoms with van der Waals surface area (Å²) in [6.45, 7) is 3.60. The lowest BCUT2D eigenvalue weighted by Gasteiger charge is -2.22. The Morgan fingerprint density at radius 3 is 2.60 bits per heavy atom. The summed E-state index contributed by atoms with van der Waals surface area (Å²) in [5, 5.41) is 32.4. The number of anilines is 1. The van der Waals surface area contributed by atoms with Gasteiger partial charge in [-0.05, 0) is 48.7 Å². The molecule has 6 rings (SSSR count). The van der Waals surface area contributed by atoms with E-state index in [2.05, 4.69) is 15.2 Å². The Balaban J connectivity index is 1.46. The fourth-order valence-electron chi connectivity index (χ4n) is 4.91. The number of amides is 1. The van der Waals surface area contributed by atoms with E-state index in [-0.39, 0.29) is 27.6 Å². The van der Waals surface area contributed by atoms with E-state index >= 15 is 0 Å². The minimum Gasteiger partial charge on any atom is -0.505 e. The monoisotopic (exact) mass is 632 g/mol. The van der Waals surface area contributed by atoms with Crippen LogP contribution in [0.3, 0.4) is 0 Å².